The summed E-state index contributed by atoms with van der Waals surface area (Å²) >= 11 is 0. The Hall–Kier alpha value is -3.11. The second-order valence-corrected chi connectivity index (χ2v) is 10.1. The molecule has 6 heteroatoms. The molecule has 2 aliphatic heterocycles. The van der Waals surface area contributed by atoms with Gasteiger partial charge in [-0.1, -0.05) is 36.1 Å². The Balaban J connectivity index is 1.60. The topological polar surface area (TPSA) is 43.8 Å². The molecule has 35 heavy (non-hydrogen) atoms. The predicted molar refractivity (Wildman–Crippen MR) is 133 cm³/mol. The van der Waals surface area contributed by atoms with Crippen LogP contribution in [0.4, 0.5) is 8.78 Å². The summed E-state index contributed by atoms with van der Waals surface area (Å²) in [5.74, 6) is 5.69. The van der Waals surface area contributed by atoms with E-state index in [1.165, 1.54) is 29.3 Å². The van der Waals surface area contributed by atoms with Crippen molar-refractivity contribution in [2.45, 2.75) is 44.7 Å². The van der Waals surface area contributed by atoms with Gasteiger partial charge in [0.1, 0.15) is 17.2 Å². The molecule has 2 saturated heterocycles. The Morgan fingerprint density at radius 1 is 0.886 bits per heavy atom. The number of piperidine rings is 1. The van der Waals surface area contributed by atoms with Gasteiger partial charge in [0.15, 0.2) is 5.78 Å². The monoisotopic (exact) mass is 476 g/mol. The van der Waals surface area contributed by atoms with Crippen molar-refractivity contribution >= 4 is 17.9 Å². The number of nitrogens with zero attached hydrogens (tertiary/aromatic N) is 2. The smallest absolute Gasteiger partial charge is 0.187 e. The number of hydrogen-bond donors (Lipinski definition) is 1. The molecule has 4 rings (SSSR count). The van der Waals surface area contributed by atoms with Gasteiger partial charge < -0.3 is 5.21 Å². The van der Waals surface area contributed by atoms with E-state index in [0.717, 1.165) is 24.0 Å². The number of hydrogen-bond acceptors (Lipinski definition) is 4. The van der Waals surface area contributed by atoms with Crippen LogP contribution in [-0.2, 0) is 4.79 Å². The SMILES string of the molecule is CC1(C)CCC(C)(C#CCN2C/C(=C\c3ccc(F)cc3)C(=O)/C(=C/c3ccc(F)cc3)C2)N1O. The summed E-state index contributed by atoms with van der Waals surface area (Å²) in [7, 11) is 0. The summed E-state index contributed by atoms with van der Waals surface area (Å²) in [5.41, 5.74) is 1.69. The largest absolute Gasteiger partial charge is 0.312 e. The van der Waals surface area contributed by atoms with E-state index in [1.54, 1.807) is 36.4 Å². The maximum atomic E-state index is 13.3. The van der Waals surface area contributed by atoms with Crippen LogP contribution in [0, 0.1) is 23.5 Å². The van der Waals surface area contributed by atoms with E-state index < -0.39 is 5.54 Å². The first kappa shape index (κ1) is 25.0. The molecular formula is C29H30F2N2O2. The highest BCUT2D eigenvalue weighted by molar-refractivity contribution is 6.14. The van der Waals surface area contributed by atoms with Gasteiger partial charge in [-0.25, -0.2) is 8.78 Å². The Morgan fingerprint density at radius 3 is 1.80 bits per heavy atom. The minimum atomic E-state index is -0.616. The first-order chi connectivity index (χ1) is 16.6. The van der Waals surface area contributed by atoms with E-state index in [0.29, 0.717) is 30.8 Å². The number of halogens is 2. The summed E-state index contributed by atoms with van der Waals surface area (Å²) in [6.45, 7) is 7.14. The highest BCUT2D eigenvalue weighted by atomic mass is 19.1. The van der Waals surface area contributed by atoms with E-state index in [1.807, 2.05) is 20.8 Å². The standard InChI is InChI=1S/C29H30F2N2O2/c1-28(2)14-15-29(3,33(28)35)13-4-16-32-19-23(17-21-5-9-25(30)10-6-21)27(34)24(20-32)18-22-7-11-26(31)12-8-22/h5-12,17-18,35H,14-16,19-20H2,1-3H3/b23-17+,24-18+. The number of carbonyl (C=O) groups is 1. The lowest BCUT2D eigenvalue weighted by Crippen LogP contribution is -2.46. The molecule has 0 amide bonds. The molecule has 1 unspecified atom stereocenters. The summed E-state index contributed by atoms with van der Waals surface area (Å²) < 4.78 is 26.7. The summed E-state index contributed by atoms with van der Waals surface area (Å²) in [6, 6.07) is 12.0. The van der Waals surface area contributed by atoms with E-state index in [9.17, 15) is 18.8 Å². The van der Waals surface area contributed by atoms with Gasteiger partial charge in [-0.05, 0) is 81.2 Å². The second kappa shape index (κ2) is 9.87. The number of ketones is 1. The maximum absolute atomic E-state index is 13.3. The molecule has 2 heterocycles. The second-order valence-electron chi connectivity index (χ2n) is 10.1. The molecule has 0 aromatic heterocycles. The number of likely N-dealkylation sites (tertiary alicyclic amines) is 1. The normalized spacial score (nSPS) is 25.1. The summed E-state index contributed by atoms with van der Waals surface area (Å²) in [6.07, 6.45) is 5.17. The molecule has 182 valence electrons. The molecule has 1 N–H and O–H groups in total. The quantitative estimate of drug-likeness (QED) is 0.480. The third kappa shape index (κ3) is 5.76. The fraction of sp³-hybridized carbons (Fsp3) is 0.345. The van der Waals surface area contributed by atoms with Gasteiger partial charge in [0, 0.05) is 29.8 Å². The molecule has 2 aromatic rings. The molecule has 1 atom stereocenters. The lowest BCUT2D eigenvalue weighted by molar-refractivity contribution is -0.180. The van der Waals surface area contributed by atoms with Crippen LogP contribution in [0.2, 0.25) is 0 Å². The fourth-order valence-corrected chi connectivity index (χ4v) is 4.63. The van der Waals surface area contributed by atoms with Gasteiger partial charge in [-0.3, -0.25) is 9.69 Å². The van der Waals surface area contributed by atoms with E-state index in [2.05, 4.69) is 16.7 Å². The Kier molecular flexibility index (Phi) is 7.05. The van der Waals surface area contributed by atoms with Crippen molar-refractivity contribution in [2.24, 2.45) is 0 Å². The van der Waals surface area contributed by atoms with Crippen molar-refractivity contribution in [3.05, 3.63) is 82.4 Å². The Bertz CT molecular complexity index is 1150. The van der Waals surface area contributed by atoms with E-state index in [4.69, 9.17) is 0 Å². The number of carbonyl (C=O) groups excluding carboxylic acids is 1. The van der Waals surface area contributed by atoms with Gasteiger partial charge in [0.2, 0.25) is 0 Å². The minimum absolute atomic E-state index is 0.0890. The van der Waals surface area contributed by atoms with Crippen molar-refractivity contribution in [3.63, 3.8) is 0 Å². The molecule has 0 bridgehead atoms. The molecule has 4 nitrogen and oxygen atoms in total. The lowest BCUT2D eigenvalue weighted by Gasteiger charge is -2.33. The van der Waals surface area contributed by atoms with Crippen LogP contribution in [0.1, 0.15) is 44.7 Å². The third-order valence-corrected chi connectivity index (χ3v) is 6.72. The van der Waals surface area contributed by atoms with Gasteiger partial charge in [-0.15, -0.1) is 0 Å². The Labute approximate surface area is 205 Å². The van der Waals surface area contributed by atoms with E-state index >= 15 is 0 Å². The highest BCUT2D eigenvalue weighted by Gasteiger charge is 2.46. The van der Waals surface area contributed by atoms with Crippen molar-refractivity contribution in [1.82, 2.24) is 9.96 Å². The van der Waals surface area contributed by atoms with Crippen molar-refractivity contribution in [1.29, 1.82) is 0 Å². The average Bonchev–Trinajstić information content (AvgIpc) is 3.03. The van der Waals surface area contributed by atoms with Gasteiger partial charge in [-0.2, -0.15) is 5.06 Å². The molecule has 2 aromatic carbocycles. The van der Waals surface area contributed by atoms with Crippen LogP contribution in [0.3, 0.4) is 0 Å². The van der Waals surface area contributed by atoms with Crippen LogP contribution >= 0.6 is 0 Å². The van der Waals surface area contributed by atoms with Crippen molar-refractivity contribution in [3.8, 4) is 11.8 Å². The van der Waals surface area contributed by atoms with E-state index in [-0.39, 0.29) is 23.0 Å². The molecular weight excluding hydrogens is 446 g/mol. The van der Waals surface area contributed by atoms with Crippen molar-refractivity contribution in [2.75, 3.05) is 19.6 Å². The first-order valence-electron chi connectivity index (χ1n) is 11.7. The van der Waals surface area contributed by atoms with Crippen LogP contribution in [0.25, 0.3) is 12.2 Å². The predicted octanol–water partition coefficient (Wildman–Crippen LogP) is 5.34. The number of Topliss-reactive ketones (excluding diaryl/α,β-unsaturated/α-hetero) is 1. The van der Waals surface area contributed by atoms with Crippen LogP contribution in [-0.4, -0.2) is 51.7 Å². The highest BCUT2D eigenvalue weighted by Crippen LogP contribution is 2.38. The molecule has 0 spiro atoms. The number of hydroxylamine groups is 2. The van der Waals surface area contributed by atoms with Crippen LogP contribution in [0.5, 0.6) is 0 Å². The summed E-state index contributed by atoms with van der Waals surface area (Å²) in [4.78, 5) is 15.3. The maximum Gasteiger partial charge on any atom is 0.187 e. The van der Waals surface area contributed by atoms with Crippen LogP contribution < -0.4 is 0 Å². The molecule has 0 aliphatic carbocycles. The zero-order valence-electron chi connectivity index (χ0n) is 20.3. The third-order valence-electron chi connectivity index (χ3n) is 6.72. The molecule has 0 saturated carbocycles. The lowest BCUT2D eigenvalue weighted by atomic mass is 9.94. The molecule has 2 aliphatic rings. The zero-order chi connectivity index (χ0) is 25.2. The number of benzene rings is 2. The van der Waals surface area contributed by atoms with Crippen molar-refractivity contribution < 1.29 is 18.8 Å². The fourth-order valence-electron chi connectivity index (χ4n) is 4.63. The minimum Gasteiger partial charge on any atom is -0.312 e. The van der Waals surface area contributed by atoms with Gasteiger partial charge in [0.05, 0.1) is 6.54 Å². The van der Waals surface area contributed by atoms with Gasteiger partial charge >= 0.3 is 0 Å². The molecule has 2 fully saturated rings. The average molecular weight is 477 g/mol. The zero-order valence-corrected chi connectivity index (χ0v) is 20.3. The summed E-state index contributed by atoms with van der Waals surface area (Å²) in [5, 5.41) is 12.0. The molecule has 0 radical (unpaired) electrons. The number of rotatable bonds is 3. The first-order valence-corrected chi connectivity index (χ1v) is 11.7. The van der Waals surface area contributed by atoms with Crippen LogP contribution in [0.15, 0.2) is 59.7 Å². The van der Waals surface area contributed by atoms with Gasteiger partial charge in [0.25, 0.3) is 0 Å². The Morgan fingerprint density at radius 2 is 1.37 bits per heavy atom.